The number of hydrogen-bond donors (Lipinski definition) is 10. The van der Waals surface area contributed by atoms with Crippen molar-refractivity contribution in [1.29, 1.82) is 0 Å². The molecule has 0 unspecified atom stereocenters. The molecule has 5 aromatic rings. The van der Waals surface area contributed by atoms with Gasteiger partial charge >= 0.3 is 0 Å². The van der Waals surface area contributed by atoms with Crippen molar-refractivity contribution in [1.82, 2.24) is 62.1 Å². The quantitative estimate of drug-likeness (QED) is 0.0678. The van der Waals surface area contributed by atoms with Gasteiger partial charge in [0.1, 0.15) is 64.2 Å². The first kappa shape index (κ1) is 84.0. The van der Waals surface area contributed by atoms with Crippen molar-refractivity contribution in [2.24, 2.45) is 5.92 Å². The molecule has 5 aromatic carbocycles. The van der Waals surface area contributed by atoms with Crippen molar-refractivity contribution in [3.8, 4) is 11.5 Å². The molecule has 28 nitrogen and oxygen atoms in total. The van der Waals surface area contributed by atoms with E-state index in [2.05, 4.69) is 42.5 Å². The summed E-state index contributed by atoms with van der Waals surface area (Å²) in [5.74, 6) is -16.9. The van der Waals surface area contributed by atoms with E-state index in [-0.39, 0.29) is 42.1 Å². The van der Waals surface area contributed by atoms with E-state index in [1.165, 1.54) is 69.4 Å². The Morgan fingerprint density at radius 2 is 1.02 bits per heavy atom. The summed E-state index contributed by atoms with van der Waals surface area (Å²) in [4.78, 5) is 181. The predicted octanol–water partition coefficient (Wildman–Crippen LogP) is 2.35. The van der Waals surface area contributed by atoms with Gasteiger partial charge < -0.3 is 72.3 Å². The van der Waals surface area contributed by atoms with E-state index in [0.717, 1.165) is 45.2 Å². The average Bonchev–Trinajstić information content (AvgIpc) is 1.02. The molecule has 12 amide bonds. The molecule has 0 spiro atoms. The number of carbonyl (C=O) groups excluding carboxylic acids is 12. The summed E-state index contributed by atoms with van der Waals surface area (Å²) in [6.45, 7) is 3.56. The first-order valence-electron chi connectivity index (χ1n) is 34.7. The van der Waals surface area contributed by atoms with Gasteiger partial charge in [0.05, 0.1) is 25.3 Å². The van der Waals surface area contributed by atoms with Gasteiger partial charge in [-0.2, -0.15) is 0 Å². The van der Waals surface area contributed by atoms with E-state index in [4.69, 9.17) is 23.2 Å². The molecule has 576 valence electrons. The monoisotopic (exact) mass is 1540 g/mol. The summed E-state index contributed by atoms with van der Waals surface area (Å²) in [5, 5.41) is 41.4. The van der Waals surface area contributed by atoms with Crippen LogP contribution in [-0.4, -0.2) is 223 Å². The topological polar surface area (TPSA) is 389 Å². The van der Waals surface area contributed by atoms with Gasteiger partial charge in [0.2, 0.25) is 70.9 Å². The van der Waals surface area contributed by atoms with Gasteiger partial charge in [-0.15, -0.1) is 0 Å². The molecule has 0 radical (unpaired) electrons. The Kier molecular flexibility index (Phi) is 30.5. The zero-order valence-corrected chi connectivity index (χ0v) is 62.5. The van der Waals surface area contributed by atoms with Crippen LogP contribution in [-0.2, 0) is 99.5 Å². The van der Waals surface area contributed by atoms with Crippen LogP contribution in [0.1, 0.15) is 80.7 Å². The highest BCUT2D eigenvalue weighted by atomic mass is 35.5. The van der Waals surface area contributed by atoms with E-state index >= 15 is 28.0 Å². The third kappa shape index (κ3) is 24.6. The van der Waals surface area contributed by atoms with E-state index in [9.17, 15) is 57.0 Å². The fraction of sp³-hybridized carbons (Fsp3) is 0.432. The number of nitrogens with one attached hydrogen (secondary N) is 8. The average molecular weight is 1540 g/mol. The molecular weight excluding hydrogens is 1450 g/mol. The smallest absolute Gasteiger partial charge is 0.245 e. The van der Waals surface area contributed by atoms with Crippen LogP contribution < -0.4 is 42.5 Å². The molecular formula is C74H90Cl2F2N12O16S. The Morgan fingerprint density at radius 3 is 1.54 bits per heavy atom. The Balaban J connectivity index is 1.34. The van der Waals surface area contributed by atoms with Crippen LogP contribution >= 0.6 is 23.2 Å². The molecule has 2 heterocycles. The largest absolute Gasteiger partial charge is 0.505 e. The van der Waals surface area contributed by atoms with Crippen LogP contribution in [0.3, 0.4) is 0 Å². The Bertz CT molecular complexity index is 4200. The summed E-state index contributed by atoms with van der Waals surface area (Å²) in [6.07, 6.45) is -1.13. The van der Waals surface area contributed by atoms with Gasteiger partial charge in [-0.3, -0.25) is 57.5 Å². The van der Waals surface area contributed by atoms with Crippen LogP contribution in [0, 0.1) is 17.6 Å². The summed E-state index contributed by atoms with van der Waals surface area (Å²) in [5.41, 5.74) is 1.24. The summed E-state index contributed by atoms with van der Waals surface area (Å²) in [6, 6.07) is 11.8. The van der Waals surface area contributed by atoms with Crippen molar-refractivity contribution in [2.45, 2.75) is 139 Å². The van der Waals surface area contributed by atoms with Crippen molar-refractivity contribution >= 4 is 104 Å². The minimum Gasteiger partial charge on any atom is -0.505 e. The zero-order valence-electron chi connectivity index (χ0n) is 60.2. The van der Waals surface area contributed by atoms with Crippen molar-refractivity contribution in [3.63, 3.8) is 0 Å². The number of phenolic OH excluding ortho intramolecular Hbond substituents is 2. The first-order chi connectivity index (χ1) is 50.6. The molecule has 10 atom stereocenters. The van der Waals surface area contributed by atoms with Gasteiger partial charge in [0.25, 0.3) is 0 Å². The second kappa shape index (κ2) is 38.8. The lowest BCUT2D eigenvalue weighted by molar-refractivity contribution is -0.143. The van der Waals surface area contributed by atoms with Crippen molar-refractivity contribution in [2.75, 3.05) is 59.3 Å². The van der Waals surface area contributed by atoms with E-state index in [0.29, 0.717) is 41.0 Å². The normalized spacial score (nSPS) is 22.8. The third-order valence-corrected chi connectivity index (χ3v) is 20.3. The van der Waals surface area contributed by atoms with E-state index < -0.39 is 215 Å². The third-order valence-electron chi connectivity index (χ3n) is 18.8. The number of nitrogens with zero attached hydrogens (tertiary/aromatic N) is 4. The first-order valence-corrected chi connectivity index (χ1v) is 37.5. The molecule has 2 aliphatic rings. The van der Waals surface area contributed by atoms with Gasteiger partial charge in [-0.1, -0.05) is 110 Å². The molecule has 107 heavy (non-hydrogen) atoms. The molecule has 0 saturated carbocycles. The Morgan fingerprint density at radius 1 is 0.533 bits per heavy atom. The number of hydrogen-bond acceptors (Lipinski definition) is 16. The van der Waals surface area contributed by atoms with Gasteiger partial charge in [-0.05, 0) is 108 Å². The lowest BCUT2D eigenvalue weighted by Gasteiger charge is -2.33. The SMILES string of the molecule is CC[C@H](C)[C@@H]1NC(=O)[C@H](Cc2ccc(Cl)cc2)N(C)C(=O)CNC(=O)[C@H](Cc2ccccc2)N(C)C(=O)[C@H](CCS(C)(=O)=O)NC(=O)[C@H](Cc2cccc(Cl)c2)NC(=O)[C@H](Cc2ccc(O)c(F)c2)NC(=O)[C@H](Cc2ccc(O)c(F)c2)NC(=O)[C@@H](C)N(C)C(=O)C[C@@H](C(=O)N2CCCC2)NC(=O)CNC1=O. The molecule has 10 N–H and O–H groups in total. The van der Waals surface area contributed by atoms with E-state index in [1.807, 2.05) is 0 Å². The lowest BCUT2D eigenvalue weighted by atomic mass is 9.97. The summed E-state index contributed by atoms with van der Waals surface area (Å²) < 4.78 is 56.3. The number of phenols is 2. The van der Waals surface area contributed by atoms with Crippen molar-refractivity contribution in [3.05, 3.63) is 165 Å². The summed E-state index contributed by atoms with van der Waals surface area (Å²) >= 11 is 12.7. The van der Waals surface area contributed by atoms with Crippen LogP contribution in [0.5, 0.6) is 11.5 Å². The number of amides is 12. The van der Waals surface area contributed by atoms with E-state index in [1.54, 1.807) is 68.4 Å². The van der Waals surface area contributed by atoms with Crippen molar-refractivity contribution < 1.29 is 84.9 Å². The molecule has 2 saturated heterocycles. The van der Waals surface area contributed by atoms with Gasteiger partial charge in [0.15, 0.2) is 23.1 Å². The number of sulfone groups is 1. The highest BCUT2D eigenvalue weighted by Gasteiger charge is 2.40. The van der Waals surface area contributed by atoms with Gasteiger partial charge in [-0.25, -0.2) is 17.2 Å². The number of aromatic hydroxyl groups is 2. The standard InChI is InChI=1S/C74H90Cl2F2N12O16S/c1-8-42(2)65-72(102)79-40-62(93)81-57(74(104)90-28-12-13-29-90)39-63(94)87(4)43(3)66(96)83-54(35-47-21-25-60(91)51(77)32-47)68(98)85-56(36-48-22-26-61(92)52(78)33-48)69(99)84-55(34-46-17-14-18-50(76)31-46)67(97)82-53(27-30-107(7,105)106)73(103)89(6)58(37-44-15-10-9-11-16-44)70(100)80-41-64(95)88(5)59(71(101)86-65)38-45-19-23-49(75)24-20-45/h9-11,14-26,31-33,42-43,53-59,65,91-92H,8,12-13,27-30,34-41H2,1-7H3,(H,79,102)(H,80,100)(H,81,93)(H,82,97)(H,83,96)(H,84,99)(H,85,98)(H,86,101)/t42-,43+,53-,54-,55-,56-,57-,58-,59-,65-/m0/s1. The number of likely N-dealkylation sites (N-methyl/N-ethyl adjacent to an activating group) is 3. The molecule has 0 aliphatic carbocycles. The van der Waals surface area contributed by atoms with Crippen LogP contribution in [0.15, 0.2) is 115 Å². The molecule has 0 aromatic heterocycles. The van der Waals surface area contributed by atoms with Gasteiger partial charge in [0, 0.05) is 82.6 Å². The van der Waals surface area contributed by atoms with Crippen LogP contribution in [0.4, 0.5) is 8.78 Å². The molecule has 0 bridgehead atoms. The number of carbonyl (C=O) groups is 12. The minimum atomic E-state index is -3.96. The molecule has 2 aliphatic heterocycles. The Labute approximate surface area is 628 Å². The number of halogens is 4. The number of likely N-dealkylation sites (tertiary alicyclic amines) is 1. The molecule has 7 rings (SSSR count). The van der Waals surface area contributed by atoms with Crippen LogP contribution in [0.25, 0.3) is 0 Å². The summed E-state index contributed by atoms with van der Waals surface area (Å²) in [7, 11) is -0.282. The highest BCUT2D eigenvalue weighted by molar-refractivity contribution is 7.90. The fourth-order valence-electron chi connectivity index (χ4n) is 12.1. The maximum Gasteiger partial charge on any atom is 0.245 e. The number of benzene rings is 5. The minimum absolute atomic E-state index is 0.0124. The number of rotatable bonds is 16. The predicted molar refractivity (Wildman–Crippen MR) is 391 cm³/mol. The zero-order chi connectivity index (χ0) is 78.6. The second-order valence-electron chi connectivity index (χ2n) is 26.8. The fourth-order valence-corrected chi connectivity index (χ4v) is 13.1. The molecule has 2 fully saturated rings. The lowest BCUT2D eigenvalue weighted by Crippen LogP contribution is -2.61. The second-order valence-corrected chi connectivity index (χ2v) is 30.0. The van der Waals surface area contributed by atoms with Crippen LogP contribution in [0.2, 0.25) is 10.0 Å². The Hall–Kier alpha value is -10.3. The highest BCUT2D eigenvalue weighted by Crippen LogP contribution is 2.23. The molecule has 33 heteroatoms. The maximum atomic E-state index is 15.2. The maximum absolute atomic E-state index is 15.2.